The second-order valence-electron chi connectivity index (χ2n) is 6.44. The summed E-state index contributed by atoms with van der Waals surface area (Å²) in [7, 11) is 0. The molecule has 0 spiro atoms. The van der Waals surface area contributed by atoms with Crippen LogP contribution >= 0.6 is 11.6 Å². The smallest absolute Gasteiger partial charge is 0.223 e. The first-order valence-corrected chi connectivity index (χ1v) is 8.42. The van der Waals surface area contributed by atoms with Gasteiger partial charge in [-0.25, -0.2) is 4.39 Å². The van der Waals surface area contributed by atoms with Gasteiger partial charge in [0, 0.05) is 31.1 Å². The zero-order valence-corrected chi connectivity index (χ0v) is 13.6. The van der Waals surface area contributed by atoms with Gasteiger partial charge in [0.05, 0.1) is 5.02 Å². The number of nitrogens with zero attached hydrogens (tertiary/aromatic N) is 1. The Balaban J connectivity index is 1.53. The Bertz CT molecular complexity index is 554. The summed E-state index contributed by atoms with van der Waals surface area (Å²) in [6.07, 6.45) is 4.04. The van der Waals surface area contributed by atoms with Crippen LogP contribution in [0.2, 0.25) is 5.02 Å². The zero-order chi connectivity index (χ0) is 15.7. The van der Waals surface area contributed by atoms with Crippen LogP contribution < -0.4 is 5.32 Å². The number of halogens is 2. The Morgan fingerprint density at radius 3 is 2.59 bits per heavy atom. The molecule has 1 aromatic rings. The molecule has 22 heavy (non-hydrogen) atoms. The van der Waals surface area contributed by atoms with Crippen LogP contribution in [-0.4, -0.2) is 29.9 Å². The quantitative estimate of drug-likeness (QED) is 0.919. The minimum Gasteiger partial charge on any atom is -0.353 e. The van der Waals surface area contributed by atoms with Crippen LogP contribution in [0.5, 0.6) is 0 Å². The number of carbonyl (C=O) groups is 1. The molecule has 5 heteroatoms. The summed E-state index contributed by atoms with van der Waals surface area (Å²) in [5.41, 5.74) is 1.03. The summed E-state index contributed by atoms with van der Waals surface area (Å²) in [6.45, 7) is 3.99. The van der Waals surface area contributed by atoms with Gasteiger partial charge in [-0.1, -0.05) is 17.7 Å². The fourth-order valence-electron chi connectivity index (χ4n) is 3.08. The molecule has 1 amide bonds. The van der Waals surface area contributed by atoms with Crippen molar-refractivity contribution in [3.63, 3.8) is 0 Å². The number of carbonyl (C=O) groups excluding carboxylic acids is 1. The van der Waals surface area contributed by atoms with Crippen LogP contribution in [0.1, 0.15) is 44.2 Å². The predicted molar refractivity (Wildman–Crippen MR) is 85.3 cm³/mol. The van der Waals surface area contributed by atoms with Gasteiger partial charge in [-0.15, -0.1) is 0 Å². The van der Waals surface area contributed by atoms with Crippen molar-refractivity contribution in [2.24, 2.45) is 5.92 Å². The van der Waals surface area contributed by atoms with E-state index >= 15 is 0 Å². The summed E-state index contributed by atoms with van der Waals surface area (Å²) in [6, 6.07) is 5.44. The molecule has 1 aliphatic carbocycles. The fraction of sp³-hybridized carbons (Fsp3) is 0.588. The number of rotatable bonds is 4. The second-order valence-corrected chi connectivity index (χ2v) is 6.85. The summed E-state index contributed by atoms with van der Waals surface area (Å²) in [5.74, 6) is 0.134. The molecule has 2 fully saturated rings. The van der Waals surface area contributed by atoms with Gasteiger partial charge in [-0.2, -0.15) is 0 Å². The molecule has 120 valence electrons. The molecule has 1 N–H and O–H groups in total. The summed E-state index contributed by atoms with van der Waals surface area (Å²) in [5, 5.41) is 3.34. The van der Waals surface area contributed by atoms with E-state index in [-0.39, 0.29) is 28.7 Å². The van der Waals surface area contributed by atoms with Gasteiger partial charge in [-0.3, -0.25) is 9.69 Å². The molecule has 0 bridgehead atoms. The second kappa shape index (κ2) is 6.55. The van der Waals surface area contributed by atoms with Gasteiger partial charge >= 0.3 is 0 Å². The molecule has 3 rings (SSSR count). The molecule has 3 nitrogen and oxygen atoms in total. The monoisotopic (exact) mass is 324 g/mol. The molecule has 2 aliphatic rings. The average molecular weight is 325 g/mol. The first kappa shape index (κ1) is 15.8. The van der Waals surface area contributed by atoms with Crippen molar-refractivity contribution < 1.29 is 9.18 Å². The topological polar surface area (TPSA) is 32.3 Å². The SMILES string of the molecule is C[C@H](c1ccc(F)c(Cl)c1)N1CCC(NC(=O)C2CC2)CC1. The fourth-order valence-corrected chi connectivity index (χ4v) is 3.27. The van der Waals surface area contributed by atoms with Crippen molar-refractivity contribution in [2.45, 2.75) is 44.7 Å². The number of likely N-dealkylation sites (tertiary alicyclic amines) is 1. The highest BCUT2D eigenvalue weighted by molar-refractivity contribution is 6.30. The summed E-state index contributed by atoms with van der Waals surface area (Å²) >= 11 is 5.87. The minimum absolute atomic E-state index is 0.177. The lowest BCUT2D eigenvalue weighted by molar-refractivity contribution is -0.123. The summed E-state index contributed by atoms with van der Waals surface area (Å²) < 4.78 is 13.3. The Morgan fingerprint density at radius 1 is 1.32 bits per heavy atom. The van der Waals surface area contributed by atoms with E-state index in [0.29, 0.717) is 6.04 Å². The van der Waals surface area contributed by atoms with E-state index in [1.54, 1.807) is 12.1 Å². The first-order valence-electron chi connectivity index (χ1n) is 8.04. The largest absolute Gasteiger partial charge is 0.353 e. The Kier molecular flexibility index (Phi) is 4.69. The van der Waals surface area contributed by atoms with Crippen LogP contribution in [0.3, 0.4) is 0 Å². The number of benzene rings is 1. The third-order valence-corrected chi connectivity index (χ3v) is 5.09. The molecule has 1 aliphatic heterocycles. The lowest BCUT2D eigenvalue weighted by atomic mass is 10.00. The van der Waals surface area contributed by atoms with Crippen molar-refractivity contribution in [1.82, 2.24) is 10.2 Å². The Labute approximate surface area is 135 Å². The van der Waals surface area contributed by atoms with Crippen molar-refractivity contribution >= 4 is 17.5 Å². The van der Waals surface area contributed by atoms with Crippen LogP contribution in [0.4, 0.5) is 4.39 Å². The molecule has 0 unspecified atom stereocenters. The number of nitrogens with one attached hydrogen (secondary N) is 1. The van der Waals surface area contributed by atoms with Crippen LogP contribution in [0.15, 0.2) is 18.2 Å². The number of piperidine rings is 1. The normalized spacial score (nSPS) is 21.6. The van der Waals surface area contributed by atoms with Crippen molar-refractivity contribution in [3.8, 4) is 0 Å². The lowest BCUT2D eigenvalue weighted by Crippen LogP contribution is -2.45. The maximum atomic E-state index is 13.3. The van der Waals surface area contributed by atoms with Gasteiger partial charge in [-0.05, 0) is 50.3 Å². The van der Waals surface area contributed by atoms with Gasteiger partial charge in [0.2, 0.25) is 5.91 Å². The number of amides is 1. The Hall–Kier alpha value is -1.13. The minimum atomic E-state index is -0.376. The molecular formula is C17H22ClFN2O. The van der Waals surface area contributed by atoms with E-state index in [9.17, 15) is 9.18 Å². The van der Waals surface area contributed by atoms with Gasteiger partial charge in [0.1, 0.15) is 5.82 Å². The van der Waals surface area contributed by atoms with E-state index in [2.05, 4.69) is 17.1 Å². The zero-order valence-electron chi connectivity index (χ0n) is 12.8. The first-order chi connectivity index (χ1) is 10.5. The van der Waals surface area contributed by atoms with E-state index in [1.807, 2.05) is 0 Å². The van der Waals surface area contributed by atoms with Gasteiger partial charge in [0.25, 0.3) is 0 Å². The molecule has 1 saturated carbocycles. The molecule has 0 radical (unpaired) electrons. The molecule has 0 aromatic heterocycles. The molecule has 1 aromatic carbocycles. The maximum Gasteiger partial charge on any atom is 0.223 e. The van der Waals surface area contributed by atoms with Crippen LogP contribution in [0.25, 0.3) is 0 Å². The third kappa shape index (κ3) is 3.61. The molecule has 1 heterocycles. The highest BCUT2D eigenvalue weighted by Gasteiger charge is 2.32. The van der Waals surface area contributed by atoms with Crippen LogP contribution in [0, 0.1) is 11.7 Å². The van der Waals surface area contributed by atoms with Crippen LogP contribution in [-0.2, 0) is 4.79 Å². The standard InChI is InChI=1S/C17H22ClFN2O/c1-11(13-4-5-16(19)15(18)10-13)21-8-6-14(7-9-21)20-17(22)12-2-3-12/h4-5,10-12,14H,2-3,6-9H2,1H3,(H,20,22)/t11-/m1/s1. The maximum absolute atomic E-state index is 13.3. The van der Waals surface area contributed by atoms with Crippen molar-refractivity contribution in [2.75, 3.05) is 13.1 Å². The Morgan fingerprint density at radius 2 is 2.00 bits per heavy atom. The third-order valence-electron chi connectivity index (χ3n) is 4.80. The van der Waals surface area contributed by atoms with E-state index < -0.39 is 0 Å². The van der Waals surface area contributed by atoms with Gasteiger partial charge < -0.3 is 5.32 Å². The predicted octanol–water partition coefficient (Wildman–Crippen LogP) is 3.53. The average Bonchev–Trinajstić information content (AvgIpc) is 3.35. The van der Waals surface area contributed by atoms with Crippen molar-refractivity contribution in [1.29, 1.82) is 0 Å². The highest BCUT2D eigenvalue weighted by Crippen LogP contribution is 2.30. The number of hydrogen-bond acceptors (Lipinski definition) is 2. The molecule has 1 saturated heterocycles. The highest BCUT2D eigenvalue weighted by atomic mass is 35.5. The molecular weight excluding hydrogens is 303 g/mol. The number of hydrogen-bond donors (Lipinski definition) is 1. The van der Waals surface area contributed by atoms with Crippen molar-refractivity contribution in [3.05, 3.63) is 34.6 Å². The van der Waals surface area contributed by atoms with E-state index in [4.69, 9.17) is 11.6 Å². The van der Waals surface area contributed by atoms with E-state index in [1.165, 1.54) is 6.07 Å². The van der Waals surface area contributed by atoms with Gasteiger partial charge in [0.15, 0.2) is 0 Å². The summed E-state index contributed by atoms with van der Waals surface area (Å²) in [4.78, 5) is 14.2. The lowest BCUT2D eigenvalue weighted by Gasteiger charge is -2.36. The molecule has 1 atom stereocenters. The van der Waals surface area contributed by atoms with E-state index in [0.717, 1.165) is 44.3 Å².